The van der Waals surface area contributed by atoms with Gasteiger partial charge in [0.05, 0.1) is 6.61 Å². The first-order valence-electron chi connectivity index (χ1n) is 5.85. The smallest absolute Gasteiger partial charge is 0.0584 e. The Morgan fingerprint density at radius 2 is 1.86 bits per heavy atom. The van der Waals surface area contributed by atoms with Gasteiger partial charge in [0, 0.05) is 12.1 Å². The van der Waals surface area contributed by atoms with Gasteiger partial charge in [0.1, 0.15) is 0 Å². The summed E-state index contributed by atoms with van der Waals surface area (Å²) in [5.74, 6) is 0.652. The Labute approximate surface area is 88.1 Å². The molecule has 0 bridgehead atoms. The highest BCUT2D eigenvalue weighted by Crippen LogP contribution is 2.48. The van der Waals surface area contributed by atoms with Crippen LogP contribution in [0.5, 0.6) is 0 Å². The number of rotatable bonds is 6. The van der Waals surface area contributed by atoms with Crippen molar-refractivity contribution >= 4 is 0 Å². The van der Waals surface area contributed by atoms with Crippen molar-refractivity contribution in [2.75, 3.05) is 6.61 Å². The lowest BCUT2D eigenvalue weighted by molar-refractivity contribution is 0.200. The summed E-state index contributed by atoms with van der Waals surface area (Å²) in [6, 6.07) is 0.820. The Hall–Kier alpha value is -0.0800. The van der Waals surface area contributed by atoms with E-state index in [1.165, 1.54) is 12.8 Å². The molecule has 0 amide bonds. The van der Waals surface area contributed by atoms with Crippen LogP contribution in [0.4, 0.5) is 0 Å². The monoisotopic (exact) mass is 199 g/mol. The van der Waals surface area contributed by atoms with Crippen LogP contribution in [0.2, 0.25) is 0 Å². The van der Waals surface area contributed by atoms with Gasteiger partial charge < -0.3 is 10.4 Å². The number of aliphatic hydroxyl groups is 1. The fraction of sp³-hybridized carbons (Fsp3) is 1.00. The highest BCUT2D eigenvalue weighted by molar-refractivity contribution is 4.97. The normalized spacial score (nSPS) is 23.6. The van der Waals surface area contributed by atoms with E-state index in [2.05, 4.69) is 33.0 Å². The minimum Gasteiger partial charge on any atom is -0.395 e. The summed E-state index contributed by atoms with van der Waals surface area (Å²) in [6.07, 6.45) is 3.74. The zero-order valence-corrected chi connectivity index (χ0v) is 10.0. The van der Waals surface area contributed by atoms with Crippen LogP contribution in [0.3, 0.4) is 0 Å². The second-order valence-electron chi connectivity index (χ2n) is 5.55. The summed E-state index contributed by atoms with van der Waals surface area (Å²) in [7, 11) is 0. The molecule has 0 aromatic rings. The third kappa shape index (κ3) is 3.25. The predicted molar refractivity (Wildman–Crippen MR) is 60.3 cm³/mol. The van der Waals surface area contributed by atoms with E-state index in [0.717, 1.165) is 6.42 Å². The lowest BCUT2D eigenvalue weighted by Gasteiger charge is -2.27. The summed E-state index contributed by atoms with van der Waals surface area (Å²) in [5.41, 5.74) is 0.504. The summed E-state index contributed by atoms with van der Waals surface area (Å²) in [5, 5.41) is 12.8. The van der Waals surface area contributed by atoms with E-state index in [1.807, 2.05) is 0 Å². The fourth-order valence-electron chi connectivity index (χ4n) is 1.95. The number of aliphatic hydroxyl groups excluding tert-OH is 1. The van der Waals surface area contributed by atoms with Gasteiger partial charge in [-0.15, -0.1) is 0 Å². The molecule has 14 heavy (non-hydrogen) atoms. The second kappa shape index (κ2) is 4.63. The molecular formula is C12H25NO. The van der Waals surface area contributed by atoms with Crippen LogP contribution in [-0.4, -0.2) is 23.8 Å². The van der Waals surface area contributed by atoms with E-state index in [1.54, 1.807) is 0 Å². The van der Waals surface area contributed by atoms with Crippen molar-refractivity contribution in [1.29, 1.82) is 0 Å². The lowest BCUT2D eigenvalue weighted by atomic mass is 9.97. The largest absolute Gasteiger partial charge is 0.395 e. The number of nitrogens with one attached hydrogen (secondary N) is 1. The summed E-state index contributed by atoms with van der Waals surface area (Å²) >= 11 is 0. The first-order valence-corrected chi connectivity index (χ1v) is 5.85. The van der Waals surface area contributed by atoms with Crippen molar-refractivity contribution in [3.8, 4) is 0 Å². The van der Waals surface area contributed by atoms with Gasteiger partial charge in [-0.05, 0) is 37.5 Å². The van der Waals surface area contributed by atoms with Crippen LogP contribution in [-0.2, 0) is 0 Å². The van der Waals surface area contributed by atoms with Crippen molar-refractivity contribution in [3.63, 3.8) is 0 Å². The van der Waals surface area contributed by atoms with Crippen molar-refractivity contribution in [3.05, 3.63) is 0 Å². The first-order chi connectivity index (χ1) is 6.48. The minimum atomic E-state index is 0.263. The van der Waals surface area contributed by atoms with Crippen LogP contribution >= 0.6 is 0 Å². The maximum atomic E-state index is 9.25. The third-order valence-corrected chi connectivity index (χ3v) is 3.55. The molecule has 2 unspecified atom stereocenters. The number of hydrogen-bond donors (Lipinski definition) is 2. The predicted octanol–water partition coefficient (Wildman–Crippen LogP) is 2.17. The first kappa shape index (κ1) is 12.0. The van der Waals surface area contributed by atoms with E-state index >= 15 is 0 Å². The molecule has 84 valence electrons. The van der Waals surface area contributed by atoms with Gasteiger partial charge in [0.2, 0.25) is 0 Å². The van der Waals surface area contributed by atoms with Gasteiger partial charge in [0.15, 0.2) is 0 Å². The average Bonchev–Trinajstić information content (AvgIpc) is 2.83. The maximum Gasteiger partial charge on any atom is 0.0584 e. The Bertz CT molecular complexity index is 175. The van der Waals surface area contributed by atoms with E-state index in [0.29, 0.717) is 17.4 Å². The van der Waals surface area contributed by atoms with E-state index < -0.39 is 0 Å². The molecule has 1 rings (SSSR count). The zero-order valence-electron chi connectivity index (χ0n) is 10.0. The molecule has 0 radical (unpaired) electrons. The molecule has 2 N–H and O–H groups in total. The molecule has 2 heteroatoms. The SMILES string of the molecule is CC(C)CC(CO)NC(C)C1(C)CC1. The third-order valence-electron chi connectivity index (χ3n) is 3.55. The van der Waals surface area contributed by atoms with Crippen LogP contribution in [0.1, 0.15) is 47.0 Å². The standard InChI is InChI=1S/C12H25NO/c1-9(2)7-11(8-14)13-10(3)12(4)5-6-12/h9-11,13-14H,5-8H2,1-4H3. The molecule has 1 aliphatic rings. The van der Waals surface area contributed by atoms with Crippen LogP contribution in [0, 0.1) is 11.3 Å². The van der Waals surface area contributed by atoms with Gasteiger partial charge in [0.25, 0.3) is 0 Å². The molecular weight excluding hydrogens is 174 g/mol. The molecule has 0 aliphatic heterocycles. The summed E-state index contributed by atoms with van der Waals surface area (Å²) < 4.78 is 0. The summed E-state index contributed by atoms with van der Waals surface area (Å²) in [6.45, 7) is 9.24. The maximum absolute atomic E-state index is 9.25. The molecule has 1 fully saturated rings. The van der Waals surface area contributed by atoms with Gasteiger partial charge in [-0.3, -0.25) is 0 Å². The van der Waals surface area contributed by atoms with Crippen molar-refractivity contribution in [2.45, 2.75) is 59.0 Å². The molecule has 0 saturated heterocycles. The minimum absolute atomic E-state index is 0.263. The van der Waals surface area contributed by atoms with Gasteiger partial charge in [-0.25, -0.2) is 0 Å². The molecule has 1 aliphatic carbocycles. The molecule has 2 nitrogen and oxygen atoms in total. The highest BCUT2D eigenvalue weighted by Gasteiger charge is 2.42. The molecule has 0 aromatic heterocycles. The zero-order chi connectivity index (χ0) is 10.8. The highest BCUT2D eigenvalue weighted by atomic mass is 16.3. The fourth-order valence-corrected chi connectivity index (χ4v) is 1.95. The molecule has 2 atom stereocenters. The van der Waals surface area contributed by atoms with Gasteiger partial charge >= 0.3 is 0 Å². The molecule has 0 spiro atoms. The van der Waals surface area contributed by atoms with Crippen LogP contribution < -0.4 is 5.32 Å². The Morgan fingerprint density at radius 1 is 1.29 bits per heavy atom. The Morgan fingerprint density at radius 3 is 2.21 bits per heavy atom. The Balaban J connectivity index is 2.32. The molecule has 1 saturated carbocycles. The van der Waals surface area contributed by atoms with Gasteiger partial charge in [-0.2, -0.15) is 0 Å². The van der Waals surface area contributed by atoms with Crippen molar-refractivity contribution in [2.24, 2.45) is 11.3 Å². The van der Waals surface area contributed by atoms with Crippen molar-refractivity contribution < 1.29 is 5.11 Å². The summed E-state index contributed by atoms with van der Waals surface area (Å²) in [4.78, 5) is 0. The van der Waals surface area contributed by atoms with E-state index in [9.17, 15) is 5.11 Å². The van der Waals surface area contributed by atoms with Crippen LogP contribution in [0.15, 0.2) is 0 Å². The molecule has 0 heterocycles. The van der Waals surface area contributed by atoms with Gasteiger partial charge in [-0.1, -0.05) is 20.8 Å². The van der Waals surface area contributed by atoms with E-state index in [4.69, 9.17) is 0 Å². The molecule has 0 aromatic carbocycles. The van der Waals surface area contributed by atoms with E-state index in [-0.39, 0.29) is 12.6 Å². The quantitative estimate of drug-likeness (QED) is 0.687. The topological polar surface area (TPSA) is 32.3 Å². The second-order valence-corrected chi connectivity index (χ2v) is 5.55. The van der Waals surface area contributed by atoms with Crippen molar-refractivity contribution in [1.82, 2.24) is 5.32 Å². The van der Waals surface area contributed by atoms with Crippen LogP contribution in [0.25, 0.3) is 0 Å². The average molecular weight is 199 g/mol. The lowest BCUT2D eigenvalue weighted by Crippen LogP contribution is -2.43. The number of hydrogen-bond acceptors (Lipinski definition) is 2. The Kier molecular flexibility index (Phi) is 3.96.